The van der Waals surface area contributed by atoms with Crippen LogP contribution in [0.1, 0.15) is 0 Å². The molecule has 0 fully saturated rings. The van der Waals surface area contributed by atoms with Gasteiger partial charge in [-0.3, -0.25) is 4.99 Å². The summed E-state index contributed by atoms with van der Waals surface area (Å²) in [6.07, 6.45) is 1.68. The van der Waals surface area contributed by atoms with Crippen molar-refractivity contribution in [2.75, 3.05) is 0 Å². The van der Waals surface area contributed by atoms with Crippen LogP contribution >= 0.6 is 11.6 Å². The second kappa shape index (κ2) is 7.04. The molecule has 0 atom stereocenters. The van der Waals surface area contributed by atoms with E-state index in [-0.39, 0.29) is 34.7 Å². The fraction of sp³-hybridized carbons (Fsp3) is 0. The third-order valence-electron chi connectivity index (χ3n) is 1.24. The molecule has 1 rings (SSSR count). The van der Waals surface area contributed by atoms with Gasteiger partial charge < -0.3 is 17.9 Å². The molecule has 0 aliphatic carbocycles. The molecule has 0 amide bonds. The zero-order chi connectivity index (χ0) is 9.68. The van der Waals surface area contributed by atoms with Crippen molar-refractivity contribution < 1.29 is 29.6 Å². The van der Waals surface area contributed by atoms with Gasteiger partial charge in [0, 0.05) is 0 Å². The maximum Gasteiger partial charge on any atom is 1.00 e. The Hall–Kier alpha value is -0.310. The van der Waals surface area contributed by atoms with E-state index in [9.17, 15) is 0 Å². The number of halogens is 1. The maximum absolute atomic E-state index is 8.24. The van der Waals surface area contributed by atoms with Gasteiger partial charge in [-0.2, -0.15) is 5.26 Å². The van der Waals surface area contributed by atoms with Crippen LogP contribution in [0.2, 0.25) is 5.02 Å². The van der Waals surface area contributed by atoms with E-state index >= 15 is 0 Å². The molecule has 0 unspecified atom stereocenters. The Morgan fingerprint density at radius 1 is 1.50 bits per heavy atom. The summed E-state index contributed by atoms with van der Waals surface area (Å²) in [4.78, 5) is 3.91. The smallest absolute Gasteiger partial charge is 0.742 e. The summed E-state index contributed by atoms with van der Waals surface area (Å²) < 4.78 is 0. The van der Waals surface area contributed by atoms with Crippen LogP contribution in [-0.2, 0) is 12.6 Å². The Labute approximate surface area is 115 Å². The first-order chi connectivity index (χ1) is 6.24. The van der Waals surface area contributed by atoms with Crippen LogP contribution in [0, 0.1) is 11.5 Å². The standard InChI is InChI=1S/C8H6ClN3S.Na/c9-6-3-1-2-4-7(6)12-8(13)11-5-10;/h1-4H,(H2,11,12,13);/q;+1/p-1. The van der Waals surface area contributed by atoms with Gasteiger partial charge in [0.1, 0.15) is 0 Å². The Morgan fingerprint density at radius 2 is 2.14 bits per heavy atom. The molecule has 3 nitrogen and oxygen atoms in total. The van der Waals surface area contributed by atoms with E-state index in [0.717, 1.165) is 0 Å². The molecule has 0 aromatic heterocycles. The number of para-hydroxylation sites is 1. The van der Waals surface area contributed by atoms with Gasteiger partial charge in [-0.05, 0) is 17.3 Å². The first-order valence-corrected chi connectivity index (χ1v) is 4.18. The van der Waals surface area contributed by atoms with Crippen molar-refractivity contribution in [2.45, 2.75) is 0 Å². The van der Waals surface area contributed by atoms with Crippen LogP contribution < -0.4 is 34.9 Å². The molecule has 0 aliphatic rings. The van der Waals surface area contributed by atoms with Crippen LogP contribution in [-0.4, -0.2) is 5.17 Å². The number of hydrogen-bond donors (Lipinski definition) is 1. The van der Waals surface area contributed by atoms with Gasteiger partial charge in [-0.1, -0.05) is 23.7 Å². The van der Waals surface area contributed by atoms with Gasteiger partial charge >= 0.3 is 29.6 Å². The zero-order valence-electron chi connectivity index (χ0n) is 7.49. The summed E-state index contributed by atoms with van der Waals surface area (Å²) in [6, 6.07) is 7.00. The van der Waals surface area contributed by atoms with Gasteiger partial charge in [-0.15, -0.1) is 0 Å². The van der Waals surface area contributed by atoms with E-state index in [0.29, 0.717) is 10.7 Å². The molecule has 0 aliphatic heterocycles. The Kier molecular flexibility index (Phi) is 6.89. The normalized spacial score (nSPS) is 9.86. The molecular formula is C8H5ClN3NaS. The van der Waals surface area contributed by atoms with E-state index in [1.807, 2.05) is 0 Å². The molecule has 0 saturated heterocycles. The van der Waals surface area contributed by atoms with Crippen molar-refractivity contribution in [3.05, 3.63) is 29.3 Å². The third-order valence-corrected chi connectivity index (χ3v) is 1.75. The number of nitrogens with zero attached hydrogens (tertiary/aromatic N) is 2. The van der Waals surface area contributed by atoms with Gasteiger partial charge in [0.2, 0.25) is 0 Å². The number of benzene rings is 1. The number of rotatable bonds is 1. The zero-order valence-corrected chi connectivity index (χ0v) is 11.1. The molecule has 14 heavy (non-hydrogen) atoms. The number of aliphatic imine (C=N–C) groups is 1. The molecule has 1 aromatic carbocycles. The van der Waals surface area contributed by atoms with Crippen LogP contribution in [0.5, 0.6) is 0 Å². The van der Waals surface area contributed by atoms with E-state index in [1.165, 1.54) is 0 Å². The second-order valence-corrected chi connectivity index (χ2v) is 2.90. The van der Waals surface area contributed by atoms with Crippen molar-refractivity contribution >= 4 is 35.1 Å². The van der Waals surface area contributed by atoms with Crippen molar-refractivity contribution in [3.8, 4) is 6.19 Å². The summed E-state index contributed by atoms with van der Waals surface area (Å²) in [6.45, 7) is 0. The van der Waals surface area contributed by atoms with E-state index in [1.54, 1.807) is 30.5 Å². The average molecular weight is 234 g/mol. The summed E-state index contributed by atoms with van der Waals surface area (Å²) in [5.41, 5.74) is 0.553. The van der Waals surface area contributed by atoms with Gasteiger partial charge in [0.05, 0.1) is 10.7 Å². The molecule has 0 saturated carbocycles. The fourth-order valence-corrected chi connectivity index (χ4v) is 1.05. The quantitative estimate of drug-likeness (QED) is 0.168. The summed E-state index contributed by atoms with van der Waals surface area (Å²) in [5.74, 6) is 0. The summed E-state index contributed by atoms with van der Waals surface area (Å²) >= 11 is 10.5. The molecule has 0 bridgehead atoms. The first kappa shape index (κ1) is 13.7. The third kappa shape index (κ3) is 4.27. The minimum atomic E-state index is 0. The number of nitriles is 1. The summed E-state index contributed by atoms with van der Waals surface area (Å²) in [5, 5.41) is 11.1. The minimum absolute atomic E-state index is 0. The number of hydrogen-bond acceptors (Lipinski definition) is 3. The topological polar surface area (TPSA) is 48.2 Å². The predicted octanol–water partition coefficient (Wildman–Crippen LogP) is -1.05. The van der Waals surface area contributed by atoms with Crippen molar-refractivity contribution in [1.29, 1.82) is 5.26 Å². The minimum Gasteiger partial charge on any atom is -0.742 e. The molecule has 6 heteroatoms. The van der Waals surface area contributed by atoms with E-state index in [2.05, 4.69) is 10.3 Å². The van der Waals surface area contributed by atoms with Crippen molar-refractivity contribution in [3.63, 3.8) is 0 Å². The van der Waals surface area contributed by atoms with Crippen molar-refractivity contribution in [2.24, 2.45) is 4.99 Å². The molecule has 0 heterocycles. The van der Waals surface area contributed by atoms with Crippen LogP contribution in [0.3, 0.4) is 0 Å². The Bertz CT molecular complexity index is 375. The molecule has 1 N–H and O–H groups in total. The Balaban J connectivity index is 0.00000169. The summed E-state index contributed by atoms with van der Waals surface area (Å²) in [7, 11) is 0. The fourth-order valence-electron chi connectivity index (χ4n) is 0.728. The van der Waals surface area contributed by atoms with Crippen LogP contribution in [0.15, 0.2) is 29.3 Å². The van der Waals surface area contributed by atoms with Gasteiger partial charge in [0.15, 0.2) is 6.19 Å². The predicted molar refractivity (Wildman–Crippen MR) is 54.7 cm³/mol. The Morgan fingerprint density at radius 3 is 2.71 bits per heavy atom. The molecular weight excluding hydrogens is 229 g/mol. The maximum atomic E-state index is 8.24. The monoisotopic (exact) mass is 233 g/mol. The van der Waals surface area contributed by atoms with Gasteiger partial charge in [-0.25, -0.2) is 0 Å². The molecule has 0 radical (unpaired) electrons. The van der Waals surface area contributed by atoms with Crippen LogP contribution in [0.4, 0.5) is 5.69 Å². The first-order valence-electron chi connectivity index (χ1n) is 3.39. The van der Waals surface area contributed by atoms with Gasteiger partial charge in [0.25, 0.3) is 0 Å². The SMILES string of the molecule is N#CNC([S-])=Nc1ccccc1Cl.[Na+]. The number of nitrogens with one attached hydrogen (secondary N) is 1. The molecule has 1 aromatic rings. The molecule has 66 valence electrons. The second-order valence-electron chi connectivity index (χ2n) is 2.11. The number of amidine groups is 1. The van der Waals surface area contributed by atoms with E-state index < -0.39 is 0 Å². The average Bonchev–Trinajstić information content (AvgIpc) is 2.09. The van der Waals surface area contributed by atoms with Crippen LogP contribution in [0.25, 0.3) is 0 Å². The largest absolute Gasteiger partial charge is 1.00 e. The van der Waals surface area contributed by atoms with E-state index in [4.69, 9.17) is 29.5 Å². The molecule has 0 spiro atoms. The van der Waals surface area contributed by atoms with Crippen molar-refractivity contribution in [1.82, 2.24) is 5.32 Å².